The second-order valence-corrected chi connectivity index (χ2v) is 8.09. The molecule has 9 heteroatoms. The number of anilines is 1. The molecule has 1 aromatic heterocycles. The highest BCUT2D eigenvalue weighted by Crippen LogP contribution is 2.22. The quantitative estimate of drug-likeness (QED) is 0.868. The summed E-state index contributed by atoms with van der Waals surface area (Å²) in [5.41, 5.74) is 0.656. The van der Waals surface area contributed by atoms with Gasteiger partial charge in [-0.3, -0.25) is 9.78 Å². The van der Waals surface area contributed by atoms with E-state index < -0.39 is 15.9 Å². The molecule has 1 N–H and O–H groups in total. The predicted molar refractivity (Wildman–Crippen MR) is 95.2 cm³/mol. The molecule has 2 unspecified atom stereocenters. The minimum absolute atomic E-state index is 0.154. The van der Waals surface area contributed by atoms with Crippen molar-refractivity contribution in [2.45, 2.75) is 31.0 Å². The average Bonchev–Trinajstić information content (AvgIpc) is 2.62. The van der Waals surface area contributed by atoms with Crippen LogP contribution in [0.15, 0.2) is 47.8 Å². The summed E-state index contributed by atoms with van der Waals surface area (Å²) in [4.78, 5) is 20.0. The Bertz CT molecular complexity index is 861. The van der Waals surface area contributed by atoms with Crippen LogP contribution in [0.2, 0.25) is 0 Å². The van der Waals surface area contributed by atoms with Gasteiger partial charge >= 0.3 is 0 Å². The van der Waals surface area contributed by atoms with E-state index in [-0.39, 0.29) is 22.8 Å². The maximum Gasteiger partial charge on any atom is 0.275 e. The summed E-state index contributed by atoms with van der Waals surface area (Å²) in [7, 11) is -3.61. The molecular formula is C17H20N4O4S. The number of amides is 1. The van der Waals surface area contributed by atoms with Crippen molar-refractivity contribution in [2.75, 3.05) is 18.4 Å². The molecule has 2 atom stereocenters. The lowest BCUT2D eigenvalue weighted by atomic mass is 10.3. The van der Waals surface area contributed by atoms with Gasteiger partial charge < -0.3 is 10.1 Å². The van der Waals surface area contributed by atoms with Crippen LogP contribution in [0, 0.1) is 0 Å². The van der Waals surface area contributed by atoms with Gasteiger partial charge in [-0.15, -0.1) is 0 Å². The summed E-state index contributed by atoms with van der Waals surface area (Å²) < 4.78 is 32.6. The molecule has 1 fully saturated rings. The van der Waals surface area contributed by atoms with Gasteiger partial charge in [-0.25, -0.2) is 13.4 Å². The second-order valence-electron chi connectivity index (χ2n) is 6.15. The number of carbonyl (C=O) groups excluding carboxylic acids is 1. The van der Waals surface area contributed by atoms with E-state index in [4.69, 9.17) is 4.74 Å². The summed E-state index contributed by atoms with van der Waals surface area (Å²) in [5.74, 6) is -0.412. The summed E-state index contributed by atoms with van der Waals surface area (Å²) >= 11 is 0. The Morgan fingerprint density at radius 1 is 1.15 bits per heavy atom. The fourth-order valence-electron chi connectivity index (χ4n) is 2.80. The molecule has 0 bridgehead atoms. The van der Waals surface area contributed by atoms with Crippen molar-refractivity contribution in [1.29, 1.82) is 0 Å². The SMILES string of the molecule is CC1CN(S(=O)(=O)c2ccc(NC(=O)c3cnccn3)cc2)CC(C)O1. The average molecular weight is 376 g/mol. The van der Waals surface area contributed by atoms with E-state index in [9.17, 15) is 13.2 Å². The van der Waals surface area contributed by atoms with Crippen molar-refractivity contribution in [2.24, 2.45) is 0 Å². The Hall–Kier alpha value is -2.36. The van der Waals surface area contributed by atoms with Crippen LogP contribution in [-0.2, 0) is 14.8 Å². The van der Waals surface area contributed by atoms with Gasteiger partial charge in [-0.1, -0.05) is 0 Å². The van der Waals surface area contributed by atoms with Crippen LogP contribution in [-0.4, -0.2) is 53.9 Å². The molecule has 1 aromatic carbocycles. The molecule has 26 heavy (non-hydrogen) atoms. The fourth-order valence-corrected chi connectivity index (χ4v) is 4.39. The number of carbonyl (C=O) groups is 1. The first-order chi connectivity index (χ1) is 12.4. The van der Waals surface area contributed by atoms with Crippen LogP contribution < -0.4 is 5.32 Å². The fraction of sp³-hybridized carbons (Fsp3) is 0.353. The van der Waals surface area contributed by atoms with Gasteiger partial charge in [-0.05, 0) is 38.1 Å². The van der Waals surface area contributed by atoms with E-state index in [1.165, 1.54) is 35.0 Å². The summed E-state index contributed by atoms with van der Waals surface area (Å²) in [5, 5.41) is 2.66. The minimum Gasteiger partial charge on any atom is -0.373 e. The van der Waals surface area contributed by atoms with E-state index in [1.54, 1.807) is 12.1 Å². The van der Waals surface area contributed by atoms with Crippen molar-refractivity contribution >= 4 is 21.6 Å². The summed E-state index contributed by atoms with van der Waals surface area (Å²) in [6.45, 7) is 4.34. The zero-order valence-corrected chi connectivity index (χ0v) is 15.3. The van der Waals surface area contributed by atoms with E-state index in [0.29, 0.717) is 18.8 Å². The number of ether oxygens (including phenoxy) is 1. The Labute approximate surface area is 152 Å². The summed E-state index contributed by atoms with van der Waals surface area (Å²) in [6, 6.07) is 6.06. The van der Waals surface area contributed by atoms with Gasteiger partial charge in [0.1, 0.15) is 5.69 Å². The Morgan fingerprint density at radius 2 is 1.81 bits per heavy atom. The first-order valence-corrected chi connectivity index (χ1v) is 9.63. The van der Waals surface area contributed by atoms with Crippen molar-refractivity contribution in [3.63, 3.8) is 0 Å². The molecular weight excluding hydrogens is 356 g/mol. The third-order valence-electron chi connectivity index (χ3n) is 3.93. The number of hydrogen-bond acceptors (Lipinski definition) is 6. The molecule has 0 spiro atoms. The van der Waals surface area contributed by atoms with Crippen molar-refractivity contribution in [1.82, 2.24) is 14.3 Å². The first-order valence-electron chi connectivity index (χ1n) is 8.19. The van der Waals surface area contributed by atoms with E-state index >= 15 is 0 Å². The smallest absolute Gasteiger partial charge is 0.275 e. The lowest BCUT2D eigenvalue weighted by Gasteiger charge is -2.34. The van der Waals surface area contributed by atoms with Crippen LogP contribution >= 0.6 is 0 Å². The zero-order chi connectivity index (χ0) is 18.7. The van der Waals surface area contributed by atoms with Gasteiger partial charge in [-0.2, -0.15) is 4.31 Å². The Kier molecular flexibility index (Phi) is 5.30. The monoisotopic (exact) mass is 376 g/mol. The maximum atomic E-state index is 12.8. The van der Waals surface area contributed by atoms with Gasteiger partial charge in [0.2, 0.25) is 10.0 Å². The Balaban J connectivity index is 1.73. The van der Waals surface area contributed by atoms with Crippen LogP contribution in [0.25, 0.3) is 0 Å². The number of morpholine rings is 1. The van der Waals surface area contributed by atoms with Gasteiger partial charge in [0.25, 0.3) is 5.91 Å². The Morgan fingerprint density at radius 3 is 2.38 bits per heavy atom. The molecule has 0 saturated carbocycles. The third-order valence-corrected chi connectivity index (χ3v) is 5.78. The minimum atomic E-state index is -3.61. The molecule has 138 valence electrons. The highest BCUT2D eigenvalue weighted by Gasteiger charge is 2.32. The molecule has 2 heterocycles. The molecule has 1 aliphatic rings. The molecule has 1 saturated heterocycles. The highest BCUT2D eigenvalue weighted by molar-refractivity contribution is 7.89. The maximum absolute atomic E-state index is 12.8. The normalized spacial score (nSPS) is 21.3. The van der Waals surface area contributed by atoms with Crippen LogP contribution in [0.4, 0.5) is 5.69 Å². The third kappa shape index (κ3) is 4.06. The molecule has 1 amide bonds. The number of hydrogen-bond donors (Lipinski definition) is 1. The molecule has 0 aliphatic carbocycles. The molecule has 2 aromatic rings. The number of benzene rings is 1. The van der Waals surface area contributed by atoms with E-state index in [2.05, 4.69) is 15.3 Å². The standard InChI is InChI=1S/C17H20N4O4S/c1-12-10-21(11-13(2)25-12)26(23,24)15-5-3-14(4-6-15)20-17(22)16-9-18-7-8-19-16/h3-9,12-13H,10-11H2,1-2H3,(H,20,22). The van der Waals surface area contributed by atoms with E-state index in [1.807, 2.05) is 13.8 Å². The van der Waals surface area contributed by atoms with Gasteiger partial charge in [0.15, 0.2) is 0 Å². The first kappa shape index (κ1) is 18.4. The molecule has 3 rings (SSSR count). The number of rotatable bonds is 4. The molecule has 1 aliphatic heterocycles. The van der Waals surface area contributed by atoms with Crippen LogP contribution in [0.1, 0.15) is 24.3 Å². The van der Waals surface area contributed by atoms with Crippen LogP contribution in [0.3, 0.4) is 0 Å². The summed E-state index contributed by atoms with van der Waals surface area (Å²) in [6.07, 6.45) is 3.95. The second kappa shape index (κ2) is 7.48. The van der Waals surface area contributed by atoms with Gasteiger partial charge in [0, 0.05) is 31.2 Å². The highest BCUT2D eigenvalue weighted by atomic mass is 32.2. The predicted octanol–water partition coefficient (Wildman–Crippen LogP) is 1.53. The number of aromatic nitrogens is 2. The molecule has 8 nitrogen and oxygen atoms in total. The van der Waals surface area contributed by atoms with E-state index in [0.717, 1.165) is 0 Å². The van der Waals surface area contributed by atoms with Crippen molar-refractivity contribution in [3.8, 4) is 0 Å². The van der Waals surface area contributed by atoms with Crippen molar-refractivity contribution < 1.29 is 17.9 Å². The van der Waals surface area contributed by atoms with Gasteiger partial charge in [0.05, 0.1) is 23.3 Å². The molecule has 0 radical (unpaired) electrons. The number of nitrogens with zero attached hydrogens (tertiary/aromatic N) is 3. The topological polar surface area (TPSA) is 101 Å². The largest absolute Gasteiger partial charge is 0.373 e. The zero-order valence-electron chi connectivity index (χ0n) is 14.5. The van der Waals surface area contributed by atoms with Crippen LogP contribution in [0.5, 0.6) is 0 Å². The number of sulfonamides is 1. The lowest BCUT2D eigenvalue weighted by molar-refractivity contribution is -0.0440. The number of nitrogens with one attached hydrogen (secondary N) is 1. The van der Waals surface area contributed by atoms with Crippen molar-refractivity contribution in [3.05, 3.63) is 48.5 Å². The lowest BCUT2D eigenvalue weighted by Crippen LogP contribution is -2.48.